The molecular weight excluding hydrogens is 340 g/mol. The number of halogens is 1. The van der Waals surface area contributed by atoms with Crippen molar-refractivity contribution in [2.24, 2.45) is 5.92 Å². The van der Waals surface area contributed by atoms with Crippen molar-refractivity contribution >= 4 is 33.3 Å². The molecule has 0 radical (unpaired) electrons. The number of esters is 1. The SMILES string of the molecule is COC(=O)[C@H]1CC[C@@H](Nc2cc(C)c([N+](=O)[O-])cc2Br)C1. The van der Waals surface area contributed by atoms with Crippen LogP contribution in [0.15, 0.2) is 16.6 Å². The Morgan fingerprint density at radius 1 is 1.48 bits per heavy atom. The van der Waals surface area contributed by atoms with Gasteiger partial charge in [-0.05, 0) is 48.2 Å². The summed E-state index contributed by atoms with van der Waals surface area (Å²) in [5, 5.41) is 14.2. The fraction of sp³-hybridized carbons (Fsp3) is 0.500. The average molecular weight is 357 g/mol. The van der Waals surface area contributed by atoms with Crippen LogP contribution in [-0.4, -0.2) is 24.0 Å². The van der Waals surface area contributed by atoms with Gasteiger partial charge in [0, 0.05) is 27.8 Å². The number of carbonyl (C=O) groups is 1. The predicted octanol–water partition coefficient (Wildman–Crippen LogP) is 3.42. The molecule has 0 aliphatic heterocycles. The average Bonchev–Trinajstić information content (AvgIpc) is 2.89. The Balaban J connectivity index is 2.09. The molecule has 1 saturated carbocycles. The highest BCUT2D eigenvalue weighted by Crippen LogP contribution is 2.34. The number of nitrogens with zero attached hydrogens (tertiary/aromatic N) is 1. The van der Waals surface area contributed by atoms with Gasteiger partial charge in [0.1, 0.15) is 0 Å². The smallest absolute Gasteiger partial charge is 0.308 e. The molecule has 6 nitrogen and oxygen atoms in total. The molecule has 0 heterocycles. The number of nitro benzene ring substituents is 1. The number of methoxy groups -OCH3 is 1. The van der Waals surface area contributed by atoms with Gasteiger partial charge >= 0.3 is 5.97 Å². The van der Waals surface area contributed by atoms with Gasteiger partial charge in [-0.2, -0.15) is 0 Å². The molecule has 0 spiro atoms. The molecule has 21 heavy (non-hydrogen) atoms. The lowest BCUT2D eigenvalue weighted by Gasteiger charge is -2.16. The zero-order valence-corrected chi connectivity index (χ0v) is 13.5. The first-order chi connectivity index (χ1) is 9.92. The van der Waals surface area contributed by atoms with Crippen LogP contribution in [0.1, 0.15) is 24.8 Å². The molecule has 1 aromatic carbocycles. The Morgan fingerprint density at radius 3 is 2.81 bits per heavy atom. The first kappa shape index (κ1) is 15.8. The van der Waals surface area contributed by atoms with Gasteiger partial charge in [-0.15, -0.1) is 0 Å². The van der Waals surface area contributed by atoms with Gasteiger partial charge in [-0.25, -0.2) is 0 Å². The molecule has 0 aromatic heterocycles. The lowest BCUT2D eigenvalue weighted by Crippen LogP contribution is -2.19. The third-order valence-electron chi connectivity index (χ3n) is 3.81. The molecule has 0 amide bonds. The van der Waals surface area contributed by atoms with Crippen LogP contribution in [0.3, 0.4) is 0 Å². The van der Waals surface area contributed by atoms with Crippen LogP contribution in [0, 0.1) is 23.0 Å². The summed E-state index contributed by atoms with van der Waals surface area (Å²) >= 11 is 3.36. The molecule has 1 aromatic rings. The molecule has 0 unspecified atom stereocenters. The van der Waals surface area contributed by atoms with Gasteiger partial charge in [0.2, 0.25) is 0 Å². The minimum Gasteiger partial charge on any atom is -0.469 e. The molecule has 2 rings (SSSR count). The van der Waals surface area contributed by atoms with E-state index in [0.717, 1.165) is 24.9 Å². The summed E-state index contributed by atoms with van der Waals surface area (Å²) in [6, 6.07) is 3.43. The van der Waals surface area contributed by atoms with Crippen molar-refractivity contribution in [3.05, 3.63) is 32.3 Å². The summed E-state index contributed by atoms with van der Waals surface area (Å²) in [7, 11) is 1.40. The van der Waals surface area contributed by atoms with Crippen molar-refractivity contribution in [3.63, 3.8) is 0 Å². The van der Waals surface area contributed by atoms with Gasteiger partial charge in [0.15, 0.2) is 0 Å². The van der Waals surface area contributed by atoms with Crippen LogP contribution in [0.4, 0.5) is 11.4 Å². The van der Waals surface area contributed by atoms with Crippen molar-refractivity contribution in [2.45, 2.75) is 32.2 Å². The zero-order valence-electron chi connectivity index (χ0n) is 11.9. The van der Waals surface area contributed by atoms with Gasteiger partial charge in [0.05, 0.1) is 18.0 Å². The Morgan fingerprint density at radius 2 is 2.19 bits per heavy atom. The van der Waals surface area contributed by atoms with Crippen molar-refractivity contribution < 1.29 is 14.5 Å². The van der Waals surface area contributed by atoms with Gasteiger partial charge in [-0.1, -0.05) is 0 Å². The Labute approximate surface area is 131 Å². The van der Waals surface area contributed by atoms with E-state index in [4.69, 9.17) is 4.74 Å². The van der Waals surface area contributed by atoms with E-state index in [1.54, 1.807) is 13.0 Å². The first-order valence-corrected chi connectivity index (χ1v) is 7.50. The number of anilines is 1. The number of rotatable bonds is 4. The van der Waals surface area contributed by atoms with E-state index in [1.807, 2.05) is 0 Å². The second kappa shape index (κ2) is 6.43. The molecule has 0 bridgehead atoms. The molecule has 7 heteroatoms. The number of nitrogens with one attached hydrogen (secondary N) is 1. The number of carbonyl (C=O) groups excluding carboxylic acids is 1. The summed E-state index contributed by atoms with van der Waals surface area (Å²) in [5.74, 6) is -0.233. The number of benzene rings is 1. The lowest BCUT2D eigenvalue weighted by atomic mass is 10.1. The van der Waals surface area contributed by atoms with E-state index < -0.39 is 4.92 Å². The number of hydrogen-bond donors (Lipinski definition) is 1. The molecule has 1 aliphatic carbocycles. The van der Waals surface area contributed by atoms with Gasteiger partial charge in [0.25, 0.3) is 5.69 Å². The second-order valence-corrected chi connectivity index (χ2v) is 6.10. The standard InChI is InChI=1S/C14H17BrN2O4/c1-8-5-12(11(15)7-13(8)17(19)20)16-10-4-3-9(6-10)14(18)21-2/h5,7,9-10,16H,3-4,6H2,1-2H3/t9-,10+/m0/s1. The summed E-state index contributed by atoms with van der Waals surface area (Å²) < 4.78 is 5.42. The van der Waals surface area contributed by atoms with Crippen molar-refractivity contribution in [1.82, 2.24) is 0 Å². The second-order valence-electron chi connectivity index (χ2n) is 5.25. The van der Waals surface area contributed by atoms with E-state index in [-0.39, 0.29) is 23.6 Å². The Hall–Kier alpha value is -1.63. The summed E-state index contributed by atoms with van der Waals surface area (Å²) in [4.78, 5) is 22.0. The number of nitro groups is 1. The molecule has 1 aliphatic rings. The highest BCUT2D eigenvalue weighted by atomic mass is 79.9. The van der Waals surface area contributed by atoms with E-state index in [0.29, 0.717) is 10.0 Å². The van der Waals surface area contributed by atoms with E-state index in [9.17, 15) is 14.9 Å². The highest BCUT2D eigenvalue weighted by Gasteiger charge is 2.31. The van der Waals surface area contributed by atoms with Gasteiger partial charge in [-0.3, -0.25) is 14.9 Å². The maximum absolute atomic E-state index is 11.5. The van der Waals surface area contributed by atoms with Crippen LogP contribution in [0.25, 0.3) is 0 Å². The van der Waals surface area contributed by atoms with Crippen LogP contribution in [0.5, 0.6) is 0 Å². The lowest BCUT2D eigenvalue weighted by molar-refractivity contribution is -0.385. The molecule has 114 valence electrons. The van der Waals surface area contributed by atoms with E-state index in [2.05, 4.69) is 21.2 Å². The van der Waals surface area contributed by atoms with Gasteiger partial charge < -0.3 is 10.1 Å². The quantitative estimate of drug-likeness (QED) is 0.507. The normalized spacial score (nSPS) is 21.1. The van der Waals surface area contributed by atoms with Crippen LogP contribution in [0.2, 0.25) is 0 Å². The maximum Gasteiger partial charge on any atom is 0.308 e. The third-order valence-corrected chi connectivity index (χ3v) is 4.47. The Bertz CT molecular complexity index is 576. The summed E-state index contributed by atoms with van der Waals surface area (Å²) in [6.45, 7) is 1.71. The first-order valence-electron chi connectivity index (χ1n) is 6.71. The minimum absolute atomic E-state index is 0.0644. The maximum atomic E-state index is 11.5. The monoisotopic (exact) mass is 356 g/mol. The molecular formula is C14H17BrN2O4. The zero-order chi connectivity index (χ0) is 15.6. The molecule has 1 N–H and O–H groups in total. The number of ether oxygens (including phenoxy) is 1. The van der Waals surface area contributed by atoms with Crippen LogP contribution in [-0.2, 0) is 9.53 Å². The van der Waals surface area contributed by atoms with Crippen LogP contribution >= 0.6 is 15.9 Å². The number of hydrogen-bond acceptors (Lipinski definition) is 5. The highest BCUT2D eigenvalue weighted by molar-refractivity contribution is 9.10. The molecule has 2 atom stereocenters. The van der Waals surface area contributed by atoms with E-state index >= 15 is 0 Å². The molecule has 0 saturated heterocycles. The topological polar surface area (TPSA) is 81.5 Å². The Kier molecular flexibility index (Phi) is 4.82. The molecule has 1 fully saturated rings. The predicted molar refractivity (Wildman–Crippen MR) is 82.3 cm³/mol. The summed E-state index contributed by atoms with van der Waals surface area (Å²) in [5.41, 5.74) is 1.51. The van der Waals surface area contributed by atoms with Crippen molar-refractivity contribution in [3.8, 4) is 0 Å². The minimum atomic E-state index is -0.396. The van der Waals surface area contributed by atoms with Crippen molar-refractivity contribution in [2.75, 3.05) is 12.4 Å². The summed E-state index contributed by atoms with van der Waals surface area (Å²) in [6.07, 6.45) is 2.39. The third kappa shape index (κ3) is 3.53. The van der Waals surface area contributed by atoms with E-state index in [1.165, 1.54) is 13.2 Å². The fourth-order valence-corrected chi connectivity index (χ4v) is 3.14. The largest absolute Gasteiger partial charge is 0.469 e. The fourth-order valence-electron chi connectivity index (χ4n) is 2.69. The van der Waals surface area contributed by atoms with Crippen molar-refractivity contribution in [1.29, 1.82) is 0 Å². The van der Waals surface area contributed by atoms with Crippen LogP contribution < -0.4 is 5.32 Å². The number of aryl methyl sites for hydroxylation is 1.